The number of thioether (sulfide) groups is 1. The average molecular weight is 403 g/mol. The van der Waals surface area contributed by atoms with Crippen molar-refractivity contribution in [2.75, 3.05) is 11.1 Å². The van der Waals surface area contributed by atoms with E-state index in [1.165, 1.54) is 29.2 Å². The fourth-order valence-electron chi connectivity index (χ4n) is 2.33. The molecule has 0 spiro atoms. The van der Waals surface area contributed by atoms with Crippen molar-refractivity contribution in [3.8, 4) is 10.7 Å². The molecule has 3 aromatic heterocycles. The highest BCUT2D eigenvalue weighted by atomic mass is 32.2. The molecular formula is C17H11F2N5OS2. The van der Waals surface area contributed by atoms with E-state index >= 15 is 0 Å². The summed E-state index contributed by atoms with van der Waals surface area (Å²) < 4.78 is 28.1. The SMILES string of the molecule is O=C(CSc1ccc2nnc(-c3cccs3)n2n1)Nc1ccc(F)cc1F. The first-order valence-electron chi connectivity index (χ1n) is 7.74. The number of hydrogen-bond donors (Lipinski definition) is 1. The van der Waals surface area contributed by atoms with Crippen LogP contribution in [-0.4, -0.2) is 31.5 Å². The lowest BCUT2D eigenvalue weighted by atomic mass is 10.3. The Balaban J connectivity index is 1.47. The molecule has 10 heteroatoms. The number of hydrogen-bond acceptors (Lipinski definition) is 6. The number of fused-ring (bicyclic) bond motifs is 1. The maximum atomic E-state index is 13.6. The van der Waals surface area contributed by atoms with Crippen molar-refractivity contribution in [2.45, 2.75) is 5.03 Å². The maximum absolute atomic E-state index is 13.6. The van der Waals surface area contributed by atoms with Crippen LogP contribution in [0, 0.1) is 11.6 Å². The molecule has 136 valence electrons. The molecule has 0 aliphatic rings. The Morgan fingerprint density at radius 1 is 1.19 bits per heavy atom. The summed E-state index contributed by atoms with van der Waals surface area (Å²) in [7, 11) is 0. The molecule has 0 aliphatic carbocycles. The van der Waals surface area contributed by atoms with Crippen molar-refractivity contribution in [1.82, 2.24) is 19.8 Å². The number of halogens is 2. The minimum absolute atomic E-state index is 0.0196. The molecule has 0 saturated heterocycles. The number of carbonyl (C=O) groups excluding carboxylic acids is 1. The molecule has 0 fully saturated rings. The van der Waals surface area contributed by atoms with Crippen molar-refractivity contribution < 1.29 is 13.6 Å². The average Bonchev–Trinajstić information content (AvgIpc) is 3.31. The minimum Gasteiger partial charge on any atom is -0.323 e. The van der Waals surface area contributed by atoms with E-state index in [4.69, 9.17) is 0 Å². The van der Waals surface area contributed by atoms with Gasteiger partial charge in [-0.05, 0) is 35.7 Å². The van der Waals surface area contributed by atoms with E-state index in [1.807, 2.05) is 17.5 Å². The number of nitrogens with zero attached hydrogens (tertiary/aromatic N) is 4. The fourth-order valence-corrected chi connectivity index (χ4v) is 3.67. The monoisotopic (exact) mass is 403 g/mol. The van der Waals surface area contributed by atoms with Crippen LogP contribution in [-0.2, 0) is 4.79 Å². The molecule has 4 aromatic rings. The van der Waals surface area contributed by atoms with E-state index in [0.29, 0.717) is 16.5 Å². The van der Waals surface area contributed by atoms with Gasteiger partial charge in [0.15, 0.2) is 11.5 Å². The summed E-state index contributed by atoms with van der Waals surface area (Å²) in [5, 5.41) is 17.6. The van der Waals surface area contributed by atoms with Gasteiger partial charge in [-0.15, -0.1) is 21.5 Å². The van der Waals surface area contributed by atoms with Gasteiger partial charge in [-0.25, -0.2) is 8.78 Å². The quantitative estimate of drug-likeness (QED) is 0.512. The number of carbonyl (C=O) groups is 1. The van der Waals surface area contributed by atoms with E-state index in [1.54, 1.807) is 16.6 Å². The first kappa shape index (κ1) is 17.6. The number of rotatable bonds is 5. The Bertz CT molecular complexity index is 1110. The van der Waals surface area contributed by atoms with E-state index in [2.05, 4.69) is 20.6 Å². The summed E-state index contributed by atoms with van der Waals surface area (Å²) in [5.74, 6) is -1.30. The molecule has 3 heterocycles. The lowest BCUT2D eigenvalue weighted by Crippen LogP contribution is -2.15. The van der Waals surface area contributed by atoms with Gasteiger partial charge in [-0.1, -0.05) is 17.8 Å². The molecule has 0 atom stereocenters. The van der Waals surface area contributed by atoms with Crippen molar-refractivity contribution in [1.29, 1.82) is 0 Å². The van der Waals surface area contributed by atoms with Crippen LogP contribution in [0.1, 0.15) is 0 Å². The predicted molar refractivity (Wildman–Crippen MR) is 99.8 cm³/mol. The molecular weight excluding hydrogens is 392 g/mol. The van der Waals surface area contributed by atoms with Gasteiger partial charge in [0.25, 0.3) is 0 Å². The zero-order valence-electron chi connectivity index (χ0n) is 13.6. The molecule has 4 rings (SSSR count). The van der Waals surface area contributed by atoms with Gasteiger partial charge in [-0.3, -0.25) is 4.79 Å². The van der Waals surface area contributed by atoms with Crippen LogP contribution < -0.4 is 5.32 Å². The zero-order chi connectivity index (χ0) is 18.8. The topological polar surface area (TPSA) is 72.2 Å². The van der Waals surface area contributed by atoms with Gasteiger partial charge in [0, 0.05) is 6.07 Å². The standard InChI is InChI=1S/C17H11F2N5OS2/c18-10-3-4-12(11(19)8-10)20-15(25)9-27-16-6-5-14-21-22-17(24(14)23-16)13-2-1-7-26-13/h1-8H,9H2,(H,20,25). The second kappa shape index (κ2) is 7.41. The molecule has 1 aromatic carbocycles. The number of thiophene rings is 1. The third-order valence-corrected chi connectivity index (χ3v) is 5.32. The summed E-state index contributed by atoms with van der Waals surface area (Å²) in [6.07, 6.45) is 0. The van der Waals surface area contributed by atoms with E-state index in [0.717, 1.165) is 17.0 Å². The van der Waals surface area contributed by atoms with E-state index < -0.39 is 17.5 Å². The predicted octanol–water partition coefficient (Wildman–Crippen LogP) is 3.86. The summed E-state index contributed by atoms with van der Waals surface area (Å²) in [6, 6.07) is 10.3. The van der Waals surface area contributed by atoms with Crippen molar-refractivity contribution in [2.24, 2.45) is 0 Å². The third kappa shape index (κ3) is 3.81. The van der Waals surface area contributed by atoms with E-state index in [-0.39, 0.29) is 11.4 Å². The highest BCUT2D eigenvalue weighted by Gasteiger charge is 2.13. The molecule has 0 saturated carbocycles. The highest BCUT2D eigenvalue weighted by Crippen LogP contribution is 2.24. The van der Waals surface area contributed by atoms with Crippen molar-refractivity contribution >= 4 is 40.3 Å². The number of anilines is 1. The Labute approximate surface area is 160 Å². The molecule has 1 amide bonds. The maximum Gasteiger partial charge on any atom is 0.234 e. The Morgan fingerprint density at radius 3 is 2.85 bits per heavy atom. The normalized spacial score (nSPS) is 11.0. The van der Waals surface area contributed by atoms with Crippen LogP contribution in [0.15, 0.2) is 52.9 Å². The smallest absolute Gasteiger partial charge is 0.234 e. The molecule has 0 bridgehead atoms. The number of amides is 1. The molecule has 0 radical (unpaired) electrons. The summed E-state index contributed by atoms with van der Waals surface area (Å²) in [5.41, 5.74) is 0.532. The molecule has 27 heavy (non-hydrogen) atoms. The summed E-state index contributed by atoms with van der Waals surface area (Å²) >= 11 is 2.72. The Morgan fingerprint density at radius 2 is 2.07 bits per heavy atom. The fraction of sp³-hybridized carbons (Fsp3) is 0.0588. The van der Waals surface area contributed by atoms with Crippen LogP contribution in [0.3, 0.4) is 0 Å². The lowest BCUT2D eigenvalue weighted by molar-refractivity contribution is -0.113. The number of benzene rings is 1. The molecule has 6 nitrogen and oxygen atoms in total. The zero-order valence-corrected chi connectivity index (χ0v) is 15.2. The van der Waals surface area contributed by atoms with Crippen molar-refractivity contribution in [3.63, 3.8) is 0 Å². The van der Waals surface area contributed by atoms with Crippen LogP contribution in [0.25, 0.3) is 16.3 Å². The number of nitrogens with one attached hydrogen (secondary N) is 1. The molecule has 1 N–H and O–H groups in total. The molecule has 0 unspecified atom stereocenters. The Hall–Kier alpha value is -2.85. The second-order valence-corrected chi connectivity index (χ2v) is 7.35. The molecule has 0 aliphatic heterocycles. The van der Waals surface area contributed by atoms with Crippen LogP contribution >= 0.6 is 23.1 Å². The van der Waals surface area contributed by atoms with Crippen LogP contribution in [0.2, 0.25) is 0 Å². The van der Waals surface area contributed by atoms with Gasteiger partial charge >= 0.3 is 0 Å². The van der Waals surface area contributed by atoms with Gasteiger partial charge in [-0.2, -0.15) is 9.61 Å². The van der Waals surface area contributed by atoms with Gasteiger partial charge in [0.1, 0.15) is 16.7 Å². The first-order chi connectivity index (χ1) is 13.1. The van der Waals surface area contributed by atoms with Gasteiger partial charge in [0.2, 0.25) is 5.91 Å². The van der Waals surface area contributed by atoms with Gasteiger partial charge < -0.3 is 5.32 Å². The minimum atomic E-state index is -0.821. The summed E-state index contributed by atoms with van der Waals surface area (Å²) in [4.78, 5) is 13.0. The van der Waals surface area contributed by atoms with E-state index in [9.17, 15) is 13.6 Å². The first-order valence-corrected chi connectivity index (χ1v) is 9.61. The summed E-state index contributed by atoms with van der Waals surface area (Å²) in [6.45, 7) is 0. The highest BCUT2D eigenvalue weighted by molar-refractivity contribution is 7.99. The van der Waals surface area contributed by atoms with Crippen LogP contribution in [0.5, 0.6) is 0 Å². The van der Waals surface area contributed by atoms with Crippen LogP contribution in [0.4, 0.5) is 14.5 Å². The second-order valence-electron chi connectivity index (χ2n) is 5.40. The van der Waals surface area contributed by atoms with Crippen molar-refractivity contribution in [3.05, 3.63) is 59.5 Å². The third-order valence-electron chi connectivity index (χ3n) is 3.54. The largest absolute Gasteiger partial charge is 0.323 e. The van der Waals surface area contributed by atoms with Gasteiger partial charge in [0.05, 0.1) is 16.3 Å². The lowest BCUT2D eigenvalue weighted by Gasteiger charge is -2.06. The number of aromatic nitrogens is 4. The Kier molecular flexibility index (Phi) is 4.82.